The average molecular weight is 302 g/mol. The number of carboxylic acid groups (broad SMARTS) is 1. The summed E-state index contributed by atoms with van der Waals surface area (Å²) in [5, 5.41) is 13.0. The number of hydrogen-bond donors (Lipinski definition) is 3. The summed E-state index contributed by atoms with van der Waals surface area (Å²) in [6, 6.07) is -0.660. The fourth-order valence-electron chi connectivity index (χ4n) is 2.61. The Bertz CT molecular complexity index is 341. The fraction of sp³-hybridized carbons (Fsp3) is 0.857. The maximum atomic E-state index is 10.8. The standard InChI is InChI=1S/C14H26N2O3S/c1-9-12(10(2)20-9)4-5-14(3,15)8-16-11(7-17)6-13(18)19/h7,9-12,16H,4-6,8,15H2,1-3H3,(H,18,19)/t9?,10?,11-,12?,14?/m0/s1. The minimum Gasteiger partial charge on any atom is -0.481 e. The van der Waals surface area contributed by atoms with E-state index in [-0.39, 0.29) is 6.42 Å². The lowest BCUT2D eigenvalue weighted by Crippen LogP contribution is -2.50. The number of carbonyl (C=O) groups is 2. The van der Waals surface area contributed by atoms with E-state index in [0.717, 1.165) is 12.8 Å². The van der Waals surface area contributed by atoms with E-state index in [2.05, 4.69) is 19.2 Å². The maximum absolute atomic E-state index is 10.8. The normalized spacial score (nSPS) is 30.1. The highest BCUT2D eigenvalue weighted by Crippen LogP contribution is 2.44. The largest absolute Gasteiger partial charge is 0.481 e. The van der Waals surface area contributed by atoms with E-state index in [1.807, 2.05) is 18.7 Å². The van der Waals surface area contributed by atoms with Gasteiger partial charge >= 0.3 is 5.97 Å². The summed E-state index contributed by atoms with van der Waals surface area (Å²) < 4.78 is 0. The molecular weight excluding hydrogens is 276 g/mol. The van der Waals surface area contributed by atoms with Crippen LogP contribution in [0.2, 0.25) is 0 Å². The van der Waals surface area contributed by atoms with Gasteiger partial charge < -0.3 is 21.0 Å². The fourth-order valence-corrected chi connectivity index (χ4v) is 4.16. The first-order valence-corrected chi connectivity index (χ1v) is 8.04. The molecule has 3 unspecified atom stereocenters. The van der Waals surface area contributed by atoms with Crippen LogP contribution in [0.3, 0.4) is 0 Å². The molecule has 1 saturated heterocycles. The van der Waals surface area contributed by atoms with Crippen LogP contribution in [-0.4, -0.2) is 46.0 Å². The van der Waals surface area contributed by atoms with E-state index in [9.17, 15) is 9.59 Å². The van der Waals surface area contributed by atoms with Crippen molar-refractivity contribution in [3.05, 3.63) is 0 Å². The topological polar surface area (TPSA) is 92.4 Å². The lowest BCUT2D eigenvalue weighted by molar-refractivity contribution is -0.138. The minimum atomic E-state index is -0.984. The molecule has 0 saturated carbocycles. The lowest BCUT2D eigenvalue weighted by Gasteiger charge is -2.42. The number of thioether (sulfide) groups is 1. The van der Waals surface area contributed by atoms with Gasteiger partial charge in [-0.3, -0.25) is 4.79 Å². The molecule has 1 heterocycles. The van der Waals surface area contributed by atoms with E-state index in [1.54, 1.807) is 0 Å². The Balaban J connectivity index is 2.32. The highest BCUT2D eigenvalue weighted by Gasteiger charge is 2.36. The molecule has 0 bridgehead atoms. The molecule has 6 heteroatoms. The Morgan fingerprint density at radius 1 is 1.50 bits per heavy atom. The summed E-state index contributed by atoms with van der Waals surface area (Å²) in [6.45, 7) is 6.89. The van der Waals surface area contributed by atoms with Crippen LogP contribution in [0.1, 0.15) is 40.0 Å². The minimum absolute atomic E-state index is 0.201. The highest BCUT2D eigenvalue weighted by atomic mass is 32.2. The molecule has 4 atom stereocenters. The zero-order valence-corrected chi connectivity index (χ0v) is 13.3. The van der Waals surface area contributed by atoms with Gasteiger partial charge in [-0.2, -0.15) is 11.8 Å². The van der Waals surface area contributed by atoms with Crippen molar-refractivity contribution in [2.75, 3.05) is 6.54 Å². The van der Waals surface area contributed by atoms with Crippen molar-refractivity contribution in [1.29, 1.82) is 0 Å². The maximum Gasteiger partial charge on any atom is 0.305 e. The van der Waals surface area contributed by atoms with Crippen LogP contribution in [0.15, 0.2) is 0 Å². The number of carbonyl (C=O) groups excluding carboxylic acids is 1. The predicted octanol–water partition coefficient (Wildman–Crippen LogP) is 1.26. The molecule has 20 heavy (non-hydrogen) atoms. The average Bonchev–Trinajstić information content (AvgIpc) is 2.33. The van der Waals surface area contributed by atoms with Gasteiger partial charge in [0.1, 0.15) is 6.29 Å². The molecule has 0 aromatic heterocycles. The summed E-state index contributed by atoms with van der Waals surface area (Å²) in [5.41, 5.74) is 5.82. The van der Waals surface area contributed by atoms with E-state index in [1.165, 1.54) is 0 Å². The van der Waals surface area contributed by atoms with Crippen LogP contribution in [0.25, 0.3) is 0 Å². The molecule has 116 valence electrons. The first-order valence-electron chi connectivity index (χ1n) is 7.10. The van der Waals surface area contributed by atoms with Gasteiger partial charge in [-0.15, -0.1) is 0 Å². The van der Waals surface area contributed by atoms with Gasteiger partial charge in [0.2, 0.25) is 0 Å². The Morgan fingerprint density at radius 3 is 2.55 bits per heavy atom. The second-order valence-electron chi connectivity index (χ2n) is 6.12. The quantitative estimate of drug-likeness (QED) is 0.555. The van der Waals surface area contributed by atoms with Crippen molar-refractivity contribution in [3.63, 3.8) is 0 Å². The monoisotopic (exact) mass is 302 g/mol. The van der Waals surface area contributed by atoms with Gasteiger partial charge in [0.05, 0.1) is 12.5 Å². The molecule has 0 radical (unpaired) electrons. The van der Waals surface area contributed by atoms with Crippen molar-refractivity contribution in [2.45, 2.75) is 62.1 Å². The van der Waals surface area contributed by atoms with Crippen LogP contribution >= 0.6 is 11.8 Å². The molecule has 1 aliphatic rings. The summed E-state index contributed by atoms with van der Waals surface area (Å²) in [5.74, 6) is -0.272. The van der Waals surface area contributed by atoms with Gasteiger partial charge in [0.15, 0.2) is 0 Å². The third-order valence-electron chi connectivity index (χ3n) is 4.01. The third kappa shape index (κ3) is 5.42. The van der Waals surface area contributed by atoms with Crippen molar-refractivity contribution in [3.8, 4) is 0 Å². The number of aldehydes is 1. The zero-order chi connectivity index (χ0) is 15.3. The number of nitrogens with two attached hydrogens (primary N) is 1. The number of rotatable bonds is 9. The number of nitrogens with one attached hydrogen (secondary N) is 1. The Labute approximate surface area is 125 Å². The Morgan fingerprint density at radius 2 is 2.10 bits per heavy atom. The number of hydrogen-bond acceptors (Lipinski definition) is 5. The summed E-state index contributed by atoms with van der Waals surface area (Å²) in [6.07, 6.45) is 2.39. The van der Waals surface area contributed by atoms with Crippen LogP contribution in [-0.2, 0) is 9.59 Å². The Kier molecular flexibility index (Phi) is 6.48. The molecular formula is C14H26N2O3S. The number of carboxylic acids is 1. The summed E-state index contributed by atoms with van der Waals surface area (Å²) in [4.78, 5) is 21.4. The first-order chi connectivity index (χ1) is 9.25. The van der Waals surface area contributed by atoms with E-state index >= 15 is 0 Å². The molecule has 1 rings (SSSR count). The van der Waals surface area contributed by atoms with Crippen LogP contribution < -0.4 is 11.1 Å². The molecule has 0 amide bonds. The highest BCUT2D eigenvalue weighted by molar-refractivity contribution is 8.01. The van der Waals surface area contributed by atoms with Crippen molar-refractivity contribution in [1.82, 2.24) is 5.32 Å². The van der Waals surface area contributed by atoms with E-state index in [0.29, 0.717) is 29.2 Å². The second kappa shape index (κ2) is 7.43. The van der Waals surface area contributed by atoms with Gasteiger partial charge in [-0.05, 0) is 25.7 Å². The van der Waals surface area contributed by atoms with Crippen molar-refractivity contribution in [2.24, 2.45) is 11.7 Å². The molecule has 0 aromatic carbocycles. The van der Waals surface area contributed by atoms with Crippen LogP contribution in [0, 0.1) is 5.92 Å². The Hall–Kier alpha value is -0.590. The molecule has 1 aliphatic heterocycles. The smallest absolute Gasteiger partial charge is 0.305 e. The van der Waals surface area contributed by atoms with Crippen molar-refractivity contribution >= 4 is 24.0 Å². The lowest BCUT2D eigenvalue weighted by atomic mass is 9.87. The molecule has 5 nitrogen and oxygen atoms in total. The third-order valence-corrected chi connectivity index (χ3v) is 5.57. The van der Waals surface area contributed by atoms with Crippen LogP contribution in [0.4, 0.5) is 0 Å². The molecule has 0 aromatic rings. The SMILES string of the molecule is CC1SC(C)C1CCC(C)(N)CN[C@H](C=O)CC(=O)O. The second-order valence-corrected chi connectivity index (χ2v) is 7.88. The van der Waals surface area contributed by atoms with Gasteiger partial charge in [-0.25, -0.2) is 0 Å². The summed E-state index contributed by atoms with van der Waals surface area (Å²) in [7, 11) is 0. The number of aliphatic carboxylic acids is 1. The van der Waals surface area contributed by atoms with Gasteiger partial charge in [0, 0.05) is 22.6 Å². The molecule has 0 spiro atoms. The van der Waals surface area contributed by atoms with E-state index < -0.39 is 17.6 Å². The molecule has 0 aliphatic carbocycles. The van der Waals surface area contributed by atoms with Gasteiger partial charge in [0.25, 0.3) is 0 Å². The zero-order valence-electron chi connectivity index (χ0n) is 12.5. The molecule has 4 N–H and O–H groups in total. The predicted molar refractivity (Wildman–Crippen MR) is 81.9 cm³/mol. The van der Waals surface area contributed by atoms with E-state index in [4.69, 9.17) is 10.8 Å². The summed E-state index contributed by atoms with van der Waals surface area (Å²) >= 11 is 2.00. The van der Waals surface area contributed by atoms with Crippen LogP contribution in [0.5, 0.6) is 0 Å². The van der Waals surface area contributed by atoms with Gasteiger partial charge in [-0.1, -0.05) is 13.8 Å². The first kappa shape index (κ1) is 17.5. The molecule has 1 fully saturated rings. The van der Waals surface area contributed by atoms with Crippen molar-refractivity contribution < 1.29 is 14.7 Å².